The highest BCUT2D eigenvalue weighted by Gasteiger charge is 2.10. The summed E-state index contributed by atoms with van der Waals surface area (Å²) in [7, 11) is 0. The van der Waals surface area contributed by atoms with E-state index in [1.807, 2.05) is 49.4 Å². The van der Waals surface area contributed by atoms with Crippen LogP contribution >= 0.6 is 12.2 Å². The van der Waals surface area contributed by atoms with Crippen molar-refractivity contribution in [2.24, 2.45) is 0 Å². The number of nitrogens with one attached hydrogen (secondary N) is 4. The van der Waals surface area contributed by atoms with Crippen molar-refractivity contribution in [3.8, 4) is 0 Å². The van der Waals surface area contributed by atoms with E-state index in [0.29, 0.717) is 16.8 Å². The Hall–Kier alpha value is -4.30. The Labute approximate surface area is 196 Å². The largest absolute Gasteiger partial charge is 0.322 e. The molecule has 7 nitrogen and oxygen atoms in total. The van der Waals surface area contributed by atoms with Crippen molar-refractivity contribution in [3.63, 3.8) is 0 Å². The first kappa shape index (κ1) is 23.4. The van der Waals surface area contributed by atoms with Crippen molar-refractivity contribution in [1.29, 1.82) is 0 Å². The van der Waals surface area contributed by atoms with Gasteiger partial charge in [0.25, 0.3) is 11.8 Å². The van der Waals surface area contributed by atoms with Gasteiger partial charge in [-0.2, -0.15) is 0 Å². The lowest BCUT2D eigenvalue weighted by atomic mass is 10.1. The first-order valence-electron chi connectivity index (χ1n) is 10.0. The van der Waals surface area contributed by atoms with Crippen LogP contribution in [0, 0.1) is 6.92 Å². The van der Waals surface area contributed by atoms with E-state index in [-0.39, 0.29) is 11.0 Å². The van der Waals surface area contributed by atoms with Gasteiger partial charge in [0.15, 0.2) is 5.11 Å². The minimum absolute atomic E-state index is 0.0480. The fourth-order valence-corrected chi connectivity index (χ4v) is 2.99. The number of aryl methyl sites for hydroxylation is 1. The minimum atomic E-state index is -0.455. The molecule has 0 aliphatic heterocycles. The number of hydrazine groups is 1. The molecule has 4 N–H and O–H groups in total. The van der Waals surface area contributed by atoms with Crippen molar-refractivity contribution < 1.29 is 14.4 Å². The van der Waals surface area contributed by atoms with Crippen molar-refractivity contribution >= 4 is 46.8 Å². The summed E-state index contributed by atoms with van der Waals surface area (Å²) in [6.07, 6.45) is 2.99. The first-order chi connectivity index (χ1) is 15.9. The molecule has 3 aromatic carbocycles. The zero-order valence-corrected chi connectivity index (χ0v) is 18.6. The molecule has 3 aromatic rings. The topological polar surface area (TPSA) is 99.3 Å². The maximum atomic E-state index is 12.4. The third-order valence-corrected chi connectivity index (χ3v) is 4.75. The smallest absolute Gasteiger partial charge is 0.269 e. The van der Waals surface area contributed by atoms with Gasteiger partial charge in [0, 0.05) is 22.9 Å². The van der Waals surface area contributed by atoms with Crippen molar-refractivity contribution in [1.82, 2.24) is 16.2 Å². The molecule has 0 aliphatic carbocycles. The van der Waals surface area contributed by atoms with Crippen LogP contribution in [0.25, 0.3) is 6.08 Å². The Bertz CT molecular complexity index is 1190. The number of amides is 3. The second-order valence-corrected chi connectivity index (χ2v) is 7.40. The lowest BCUT2D eigenvalue weighted by molar-refractivity contribution is -0.115. The normalized spacial score (nSPS) is 10.3. The Morgan fingerprint density at radius 2 is 1.45 bits per heavy atom. The van der Waals surface area contributed by atoms with E-state index in [4.69, 9.17) is 12.2 Å². The molecule has 8 heteroatoms. The fraction of sp³-hybridized carbons (Fsp3) is 0.0400. The van der Waals surface area contributed by atoms with Gasteiger partial charge in [-0.3, -0.25) is 30.6 Å². The summed E-state index contributed by atoms with van der Waals surface area (Å²) >= 11 is 5.02. The Balaban J connectivity index is 1.47. The molecule has 166 valence electrons. The third-order valence-electron chi connectivity index (χ3n) is 4.55. The molecule has 0 spiro atoms. The van der Waals surface area contributed by atoms with Crippen LogP contribution < -0.4 is 21.5 Å². The Kier molecular flexibility index (Phi) is 8.04. The van der Waals surface area contributed by atoms with Crippen LogP contribution in [-0.4, -0.2) is 22.8 Å². The summed E-state index contributed by atoms with van der Waals surface area (Å²) < 4.78 is 0. The molecule has 0 saturated heterocycles. The summed E-state index contributed by atoms with van der Waals surface area (Å²) in [6, 6.07) is 23.0. The average Bonchev–Trinajstić information content (AvgIpc) is 2.82. The lowest BCUT2D eigenvalue weighted by Gasteiger charge is -2.11. The summed E-state index contributed by atoms with van der Waals surface area (Å²) in [6.45, 7) is 1.86. The molecule has 0 aliphatic rings. The number of hydrogen-bond acceptors (Lipinski definition) is 4. The molecule has 3 rings (SSSR count). The predicted octanol–water partition coefficient (Wildman–Crippen LogP) is 3.60. The number of benzene rings is 3. The van der Waals surface area contributed by atoms with Crippen LogP contribution in [0.5, 0.6) is 0 Å². The second-order valence-electron chi connectivity index (χ2n) is 6.99. The third kappa shape index (κ3) is 7.12. The van der Waals surface area contributed by atoms with Crippen LogP contribution in [0.4, 0.5) is 5.69 Å². The van der Waals surface area contributed by atoms with E-state index in [0.717, 1.165) is 11.1 Å². The molecule has 0 fully saturated rings. The minimum Gasteiger partial charge on any atom is -0.322 e. The maximum Gasteiger partial charge on any atom is 0.269 e. The number of hydrogen-bond donors (Lipinski definition) is 4. The second kappa shape index (κ2) is 11.4. The molecular weight excluding hydrogens is 436 g/mol. The van der Waals surface area contributed by atoms with Gasteiger partial charge < -0.3 is 5.32 Å². The summed E-state index contributed by atoms with van der Waals surface area (Å²) in [5, 5.41) is 5.19. The van der Waals surface area contributed by atoms with Crippen LogP contribution in [0.2, 0.25) is 0 Å². The molecule has 0 heterocycles. The van der Waals surface area contributed by atoms with E-state index in [1.54, 1.807) is 42.5 Å². The van der Waals surface area contributed by atoms with Crippen LogP contribution in [0.1, 0.15) is 31.8 Å². The number of carbonyl (C=O) groups is 3. The highest BCUT2D eigenvalue weighted by Crippen LogP contribution is 2.13. The quantitative estimate of drug-likeness (QED) is 0.266. The molecule has 0 saturated carbocycles. The molecular formula is C25H22N4O3S. The summed E-state index contributed by atoms with van der Waals surface area (Å²) in [4.78, 5) is 36.6. The van der Waals surface area contributed by atoms with Crippen molar-refractivity contribution in [3.05, 3.63) is 107 Å². The van der Waals surface area contributed by atoms with Crippen LogP contribution in [0.3, 0.4) is 0 Å². The molecule has 0 unspecified atom stereocenters. The van der Waals surface area contributed by atoms with E-state index in [1.165, 1.54) is 6.08 Å². The number of anilines is 1. The SMILES string of the molecule is Cc1ccccc1C(=O)Nc1ccc(C(=O)NNC(=S)NC(=O)C=Cc2ccccc2)cc1. The lowest BCUT2D eigenvalue weighted by Crippen LogP contribution is -2.48. The number of carbonyl (C=O) groups excluding carboxylic acids is 3. The van der Waals surface area contributed by atoms with E-state index in [9.17, 15) is 14.4 Å². The molecule has 0 atom stereocenters. The molecule has 33 heavy (non-hydrogen) atoms. The highest BCUT2D eigenvalue weighted by molar-refractivity contribution is 7.80. The molecule has 0 bridgehead atoms. The van der Waals surface area contributed by atoms with Gasteiger partial charge in [-0.1, -0.05) is 48.5 Å². The van der Waals surface area contributed by atoms with Gasteiger partial charge in [-0.25, -0.2) is 0 Å². The number of thiocarbonyl (C=S) groups is 1. The van der Waals surface area contributed by atoms with Crippen LogP contribution in [-0.2, 0) is 4.79 Å². The standard InChI is InChI=1S/C25H22N4O3S/c1-17-7-5-6-10-21(17)24(32)26-20-14-12-19(13-15-20)23(31)28-29-25(33)27-22(30)16-11-18-8-3-2-4-9-18/h2-16H,1H3,(H,26,32)(H,28,31)(H2,27,29,30,33). The van der Waals surface area contributed by atoms with Gasteiger partial charge in [0.05, 0.1) is 0 Å². The average molecular weight is 459 g/mol. The molecule has 0 radical (unpaired) electrons. The Morgan fingerprint density at radius 3 is 2.15 bits per heavy atom. The van der Waals surface area contributed by atoms with Crippen molar-refractivity contribution in [2.45, 2.75) is 6.92 Å². The fourth-order valence-electron chi connectivity index (χ4n) is 2.84. The van der Waals surface area contributed by atoms with E-state index in [2.05, 4.69) is 21.5 Å². The maximum absolute atomic E-state index is 12.4. The van der Waals surface area contributed by atoms with Gasteiger partial charge in [-0.05, 0) is 66.7 Å². The van der Waals surface area contributed by atoms with Gasteiger partial charge in [0.1, 0.15) is 0 Å². The first-order valence-corrected chi connectivity index (χ1v) is 10.4. The number of rotatable bonds is 5. The van der Waals surface area contributed by atoms with Gasteiger partial charge in [-0.15, -0.1) is 0 Å². The summed E-state index contributed by atoms with van der Waals surface area (Å²) in [5.74, 6) is -1.11. The Morgan fingerprint density at radius 1 is 0.788 bits per heavy atom. The summed E-state index contributed by atoms with van der Waals surface area (Å²) in [5.41, 5.74) is 8.12. The van der Waals surface area contributed by atoms with Gasteiger partial charge >= 0.3 is 0 Å². The molecule has 0 aromatic heterocycles. The molecule has 3 amide bonds. The van der Waals surface area contributed by atoms with Crippen molar-refractivity contribution in [2.75, 3.05) is 5.32 Å². The zero-order valence-electron chi connectivity index (χ0n) is 17.8. The van der Waals surface area contributed by atoms with E-state index >= 15 is 0 Å². The zero-order chi connectivity index (χ0) is 23.6. The van der Waals surface area contributed by atoms with Gasteiger partial charge in [0.2, 0.25) is 5.91 Å². The van der Waals surface area contributed by atoms with Crippen LogP contribution in [0.15, 0.2) is 84.9 Å². The predicted molar refractivity (Wildman–Crippen MR) is 132 cm³/mol. The van der Waals surface area contributed by atoms with E-state index < -0.39 is 11.8 Å². The monoisotopic (exact) mass is 458 g/mol. The highest BCUT2D eigenvalue weighted by atomic mass is 32.1.